The van der Waals surface area contributed by atoms with Crippen molar-refractivity contribution in [2.45, 2.75) is 0 Å². The van der Waals surface area contributed by atoms with Gasteiger partial charge in [-0.2, -0.15) is 0 Å². The van der Waals surface area contributed by atoms with Crippen LogP contribution in [-0.4, -0.2) is 27.8 Å². The first-order chi connectivity index (χ1) is 7.83. The van der Waals surface area contributed by atoms with Crippen molar-refractivity contribution in [2.75, 3.05) is 13.4 Å². The van der Waals surface area contributed by atoms with Crippen molar-refractivity contribution in [1.29, 1.82) is 0 Å². The number of sulfone groups is 1. The highest BCUT2D eigenvalue weighted by molar-refractivity contribution is 7.93. The largest absolute Gasteiger partial charge is 0.465 e. The molecule has 0 saturated heterocycles. The minimum atomic E-state index is -3.26. The van der Waals surface area contributed by atoms with Crippen LogP contribution in [0, 0.1) is 5.82 Å². The van der Waals surface area contributed by atoms with E-state index in [1.807, 2.05) is 0 Å². The summed E-state index contributed by atoms with van der Waals surface area (Å²) < 4.78 is 39.4. The monoisotopic (exact) mass is 258 g/mol. The quantitative estimate of drug-likeness (QED) is 0.773. The van der Waals surface area contributed by atoms with Crippen molar-refractivity contribution in [3.05, 3.63) is 40.6 Å². The molecule has 0 bridgehead atoms. The van der Waals surface area contributed by atoms with E-state index < -0.39 is 21.6 Å². The van der Waals surface area contributed by atoms with Crippen LogP contribution in [0.25, 0.3) is 6.08 Å². The van der Waals surface area contributed by atoms with Crippen molar-refractivity contribution in [2.24, 2.45) is 0 Å². The summed E-state index contributed by atoms with van der Waals surface area (Å²) in [7, 11) is -2.12. The predicted octanol–water partition coefficient (Wildman–Crippen LogP) is 1.63. The van der Waals surface area contributed by atoms with Crippen molar-refractivity contribution in [1.82, 2.24) is 0 Å². The Balaban J connectivity index is 3.13. The Hall–Kier alpha value is -1.69. The first-order valence-electron chi connectivity index (χ1n) is 4.59. The van der Waals surface area contributed by atoms with Crippen LogP contribution in [-0.2, 0) is 14.6 Å². The molecule has 1 rings (SSSR count). The fourth-order valence-electron chi connectivity index (χ4n) is 1.12. The summed E-state index contributed by atoms with van der Waals surface area (Å²) >= 11 is 0. The number of methoxy groups -OCH3 is 1. The molecule has 0 atom stereocenters. The molecule has 0 saturated carbocycles. The predicted molar refractivity (Wildman–Crippen MR) is 61.6 cm³/mol. The van der Waals surface area contributed by atoms with Gasteiger partial charge in [0, 0.05) is 11.7 Å². The second-order valence-corrected chi connectivity index (χ2v) is 5.29. The molecule has 0 amide bonds. The Morgan fingerprint density at radius 1 is 1.41 bits per heavy atom. The fraction of sp³-hybridized carbons (Fsp3) is 0.182. The number of hydrogen-bond donors (Lipinski definition) is 0. The number of ether oxygens (including phenoxy) is 1. The SMILES string of the molecule is COC(=O)c1cc(/C=C/S(C)(=O)=O)ccc1F. The first-order valence-corrected chi connectivity index (χ1v) is 6.55. The minimum absolute atomic E-state index is 0.233. The lowest BCUT2D eigenvalue weighted by atomic mass is 10.1. The Labute approximate surface area is 98.6 Å². The Morgan fingerprint density at radius 3 is 2.59 bits per heavy atom. The van der Waals surface area contributed by atoms with Gasteiger partial charge in [0.25, 0.3) is 0 Å². The lowest BCUT2D eigenvalue weighted by Gasteiger charge is -2.02. The molecule has 0 fully saturated rings. The molecule has 0 unspecified atom stereocenters. The molecule has 4 nitrogen and oxygen atoms in total. The first kappa shape index (κ1) is 13.4. The number of hydrogen-bond acceptors (Lipinski definition) is 4. The zero-order valence-electron chi connectivity index (χ0n) is 9.31. The van der Waals surface area contributed by atoms with Crippen molar-refractivity contribution >= 4 is 21.9 Å². The van der Waals surface area contributed by atoms with Gasteiger partial charge in [-0.05, 0) is 23.8 Å². The number of benzene rings is 1. The topological polar surface area (TPSA) is 60.4 Å². The maximum Gasteiger partial charge on any atom is 0.340 e. The van der Waals surface area contributed by atoms with E-state index in [0.717, 1.165) is 24.8 Å². The normalized spacial score (nSPS) is 11.7. The van der Waals surface area contributed by atoms with E-state index in [-0.39, 0.29) is 5.56 Å². The molecule has 17 heavy (non-hydrogen) atoms. The molecule has 0 aromatic heterocycles. The lowest BCUT2D eigenvalue weighted by Crippen LogP contribution is -2.04. The lowest BCUT2D eigenvalue weighted by molar-refractivity contribution is 0.0595. The fourth-order valence-corrected chi connectivity index (χ4v) is 1.52. The molecule has 0 aliphatic carbocycles. The third-order valence-electron chi connectivity index (χ3n) is 1.90. The van der Waals surface area contributed by atoms with E-state index in [4.69, 9.17) is 0 Å². The van der Waals surface area contributed by atoms with Gasteiger partial charge in [-0.25, -0.2) is 17.6 Å². The van der Waals surface area contributed by atoms with E-state index in [1.165, 1.54) is 18.2 Å². The number of rotatable bonds is 3. The molecular weight excluding hydrogens is 247 g/mol. The third-order valence-corrected chi connectivity index (χ3v) is 2.53. The van der Waals surface area contributed by atoms with Crippen LogP contribution in [0.5, 0.6) is 0 Å². The summed E-state index contributed by atoms with van der Waals surface area (Å²) in [4.78, 5) is 11.2. The molecule has 0 aliphatic rings. The van der Waals surface area contributed by atoms with Gasteiger partial charge in [0.15, 0.2) is 9.84 Å². The summed E-state index contributed by atoms with van der Waals surface area (Å²) in [6, 6.07) is 3.67. The van der Waals surface area contributed by atoms with Crippen molar-refractivity contribution in [3.63, 3.8) is 0 Å². The van der Waals surface area contributed by atoms with Gasteiger partial charge in [0.1, 0.15) is 5.82 Å². The number of carbonyl (C=O) groups excluding carboxylic acids is 1. The standard InChI is InChI=1S/C11H11FO4S/c1-16-11(13)9-7-8(3-4-10(9)12)5-6-17(2,14)15/h3-7H,1-2H3/b6-5+. The van der Waals surface area contributed by atoms with Gasteiger partial charge in [0.2, 0.25) is 0 Å². The van der Waals surface area contributed by atoms with Crippen LogP contribution >= 0.6 is 0 Å². The van der Waals surface area contributed by atoms with Crippen molar-refractivity contribution in [3.8, 4) is 0 Å². The Kier molecular flexibility index (Phi) is 4.01. The van der Waals surface area contributed by atoms with Crippen LogP contribution in [0.1, 0.15) is 15.9 Å². The highest BCUT2D eigenvalue weighted by Gasteiger charge is 2.11. The zero-order valence-corrected chi connectivity index (χ0v) is 10.1. The maximum atomic E-state index is 13.2. The average molecular weight is 258 g/mol. The molecule has 1 aromatic rings. The summed E-state index contributed by atoms with van der Waals surface area (Å²) in [5.41, 5.74) is 0.167. The van der Waals surface area contributed by atoms with Gasteiger partial charge < -0.3 is 4.74 Å². The summed E-state index contributed by atoms with van der Waals surface area (Å²) in [6.07, 6.45) is 2.31. The Morgan fingerprint density at radius 2 is 2.06 bits per heavy atom. The summed E-state index contributed by atoms with van der Waals surface area (Å²) in [5.74, 6) is -1.52. The van der Waals surface area contributed by atoms with Crippen LogP contribution < -0.4 is 0 Å². The van der Waals surface area contributed by atoms with Gasteiger partial charge in [-0.1, -0.05) is 6.07 Å². The molecule has 0 spiro atoms. The van der Waals surface area contributed by atoms with E-state index >= 15 is 0 Å². The molecule has 1 aromatic carbocycles. The van der Waals surface area contributed by atoms with E-state index in [0.29, 0.717) is 5.56 Å². The smallest absolute Gasteiger partial charge is 0.340 e. The third kappa shape index (κ3) is 3.99. The van der Waals surface area contributed by atoms with Crippen LogP contribution in [0.15, 0.2) is 23.6 Å². The average Bonchev–Trinajstić information content (AvgIpc) is 2.26. The van der Waals surface area contributed by atoms with Crippen LogP contribution in [0.4, 0.5) is 4.39 Å². The van der Waals surface area contributed by atoms with E-state index in [1.54, 1.807) is 0 Å². The molecule has 0 N–H and O–H groups in total. The molecule has 0 aliphatic heterocycles. The van der Waals surface area contributed by atoms with E-state index in [9.17, 15) is 17.6 Å². The molecule has 92 valence electrons. The highest BCUT2D eigenvalue weighted by Crippen LogP contribution is 2.13. The van der Waals surface area contributed by atoms with Crippen molar-refractivity contribution < 1.29 is 22.3 Å². The number of esters is 1. The second kappa shape index (κ2) is 5.09. The number of carbonyl (C=O) groups is 1. The molecule has 6 heteroatoms. The summed E-state index contributed by atoms with van der Waals surface area (Å²) in [6.45, 7) is 0. The van der Waals surface area contributed by atoms with Crippen LogP contribution in [0.3, 0.4) is 0 Å². The van der Waals surface area contributed by atoms with Gasteiger partial charge in [-0.15, -0.1) is 0 Å². The molecule has 0 radical (unpaired) electrons. The number of halogens is 1. The van der Waals surface area contributed by atoms with E-state index in [2.05, 4.69) is 4.74 Å². The minimum Gasteiger partial charge on any atom is -0.465 e. The summed E-state index contributed by atoms with van der Waals surface area (Å²) in [5, 5.41) is 0.974. The molecular formula is C11H11FO4S. The Bertz CT molecular complexity index is 561. The second-order valence-electron chi connectivity index (χ2n) is 3.36. The van der Waals surface area contributed by atoms with Crippen LogP contribution in [0.2, 0.25) is 0 Å². The van der Waals surface area contributed by atoms with Gasteiger partial charge in [-0.3, -0.25) is 0 Å². The maximum absolute atomic E-state index is 13.2. The van der Waals surface area contributed by atoms with Gasteiger partial charge in [0.05, 0.1) is 12.7 Å². The van der Waals surface area contributed by atoms with Gasteiger partial charge >= 0.3 is 5.97 Å². The highest BCUT2D eigenvalue weighted by atomic mass is 32.2. The molecule has 0 heterocycles. The zero-order chi connectivity index (χ0) is 13.1.